The van der Waals surface area contributed by atoms with Crippen LogP contribution < -0.4 is 5.32 Å². The van der Waals surface area contributed by atoms with Gasteiger partial charge in [-0.15, -0.1) is 0 Å². The fraction of sp³-hybridized carbons (Fsp3) is 0.214. The minimum Gasteiger partial charge on any atom is -0.506 e. The standard InChI is InChI=1S/C14H15N3O4/c1-3-17-11(6-8(2)16-17)13(19)15-10-7-9(14(20)21)4-5-12(10)18/h4-7,18H,3H2,1-2H3,(H,15,19)(H,20,21). The van der Waals surface area contributed by atoms with Gasteiger partial charge >= 0.3 is 5.97 Å². The van der Waals surface area contributed by atoms with E-state index in [9.17, 15) is 14.7 Å². The third-order valence-corrected chi connectivity index (χ3v) is 2.93. The summed E-state index contributed by atoms with van der Waals surface area (Å²) >= 11 is 0. The van der Waals surface area contributed by atoms with Gasteiger partial charge in [0.15, 0.2) is 0 Å². The van der Waals surface area contributed by atoms with Crippen molar-refractivity contribution in [1.29, 1.82) is 0 Å². The van der Waals surface area contributed by atoms with Gasteiger partial charge in [0, 0.05) is 6.54 Å². The molecule has 21 heavy (non-hydrogen) atoms. The Bertz CT molecular complexity index is 706. The first kappa shape index (κ1) is 14.6. The molecule has 0 aliphatic rings. The number of hydrogen-bond donors (Lipinski definition) is 3. The van der Waals surface area contributed by atoms with E-state index in [0.717, 1.165) is 0 Å². The lowest BCUT2D eigenvalue weighted by atomic mass is 10.2. The maximum atomic E-state index is 12.2. The smallest absolute Gasteiger partial charge is 0.335 e. The van der Waals surface area contributed by atoms with Gasteiger partial charge in [0.25, 0.3) is 5.91 Å². The number of anilines is 1. The first-order valence-corrected chi connectivity index (χ1v) is 6.34. The Morgan fingerprint density at radius 2 is 2.05 bits per heavy atom. The molecule has 7 nitrogen and oxygen atoms in total. The van der Waals surface area contributed by atoms with E-state index in [1.54, 1.807) is 13.0 Å². The number of rotatable bonds is 4. The first-order chi connectivity index (χ1) is 9.92. The number of aromatic carboxylic acids is 1. The van der Waals surface area contributed by atoms with Gasteiger partial charge in [-0.1, -0.05) is 0 Å². The summed E-state index contributed by atoms with van der Waals surface area (Å²) in [4.78, 5) is 23.1. The van der Waals surface area contributed by atoms with E-state index in [1.165, 1.54) is 22.9 Å². The number of carbonyl (C=O) groups is 2. The summed E-state index contributed by atoms with van der Waals surface area (Å²) in [6.07, 6.45) is 0. The number of nitrogens with zero attached hydrogens (tertiary/aromatic N) is 2. The van der Waals surface area contributed by atoms with E-state index >= 15 is 0 Å². The van der Waals surface area contributed by atoms with Crippen molar-refractivity contribution in [2.75, 3.05) is 5.32 Å². The summed E-state index contributed by atoms with van der Waals surface area (Å²) in [6, 6.07) is 5.31. The molecule has 0 aliphatic heterocycles. The number of amides is 1. The van der Waals surface area contributed by atoms with Crippen LogP contribution in [0.2, 0.25) is 0 Å². The van der Waals surface area contributed by atoms with Crippen molar-refractivity contribution in [3.8, 4) is 5.75 Å². The van der Waals surface area contributed by atoms with Crippen molar-refractivity contribution < 1.29 is 19.8 Å². The van der Waals surface area contributed by atoms with E-state index < -0.39 is 11.9 Å². The Morgan fingerprint density at radius 3 is 2.67 bits per heavy atom. The lowest BCUT2D eigenvalue weighted by Crippen LogP contribution is -2.17. The molecule has 1 aromatic heterocycles. The highest BCUT2D eigenvalue weighted by atomic mass is 16.4. The van der Waals surface area contributed by atoms with Gasteiger partial charge in [-0.05, 0) is 38.1 Å². The molecule has 1 heterocycles. The molecule has 110 valence electrons. The van der Waals surface area contributed by atoms with Crippen molar-refractivity contribution in [1.82, 2.24) is 9.78 Å². The maximum absolute atomic E-state index is 12.2. The van der Waals surface area contributed by atoms with Crippen LogP contribution in [0.25, 0.3) is 0 Å². The number of hydrogen-bond acceptors (Lipinski definition) is 4. The summed E-state index contributed by atoms with van der Waals surface area (Å²) in [6.45, 7) is 4.15. The van der Waals surface area contributed by atoms with Crippen LogP contribution in [0.15, 0.2) is 24.3 Å². The van der Waals surface area contributed by atoms with Crippen LogP contribution in [-0.4, -0.2) is 31.9 Å². The third kappa shape index (κ3) is 3.02. The normalized spacial score (nSPS) is 10.4. The molecule has 0 saturated carbocycles. The summed E-state index contributed by atoms with van der Waals surface area (Å²) in [5.74, 6) is -1.80. The number of aryl methyl sites for hydroxylation is 2. The number of carboxylic acid groups (broad SMARTS) is 1. The van der Waals surface area contributed by atoms with Gasteiger partial charge in [-0.25, -0.2) is 4.79 Å². The zero-order valence-corrected chi connectivity index (χ0v) is 11.6. The molecular weight excluding hydrogens is 274 g/mol. The highest BCUT2D eigenvalue weighted by Gasteiger charge is 2.16. The Kier molecular flexibility index (Phi) is 3.93. The second-order valence-corrected chi connectivity index (χ2v) is 4.48. The largest absolute Gasteiger partial charge is 0.506 e. The van der Waals surface area contributed by atoms with Crippen LogP contribution >= 0.6 is 0 Å². The predicted molar refractivity (Wildman–Crippen MR) is 75.7 cm³/mol. The van der Waals surface area contributed by atoms with Crippen molar-refractivity contribution in [3.05, 3.63) is 41.2 Å². The minimum atomic E-state index is -1.14. The monoisotopic (exact) mass is 289 g/mol. The fourth-order valence-electron chi connectivity index (χ4n) is 1.92. The van der Waals surface area contributed by atoms with Crippen LogP contribution in [0.5, 0.6) is 5.75 Å². The van der Waals surface area contributed by atoms with E-state index in [2.05, 4.69) is 10.4 Å². The number of carbonyl (C=O) groups excluding carboxylic acids is 1. The van der Waals surface area contributed by atoms with E-state index in [-0.39, 0.29) is 17.0 Å². The molecule has 0 saturated heterocycles. The Balaban J connectivity index is 2.31. The molecule has 7 heteroatoms. The number of nitrogens with one attached hydrogen (secondary N) is 1. The van der Waals surface area contributed by atoms with Gasteiger partial charge in [-0.2, -0.15) is 5.10 Å². The van der Waals surface area contributed by atoms with Crippen LogP contribution in [0.1, 0.15) is 33.5 Å². The molecule has 1 amide bonds. The van der Waals surface area contributed by atoms with Crippen LogP contribution in [0, 0.1) is 6.92 Å². The maximum Gasteiger partial charge on any atom is 0.335 e. The van der Waals surface area contributed by atoms with Crippen molar-refractivity contribution in [2.45, 2.75) is 20.4 Å². The SMILES string of the molecule is CCn1nc(C)cc1C(=O)Nc1cc(C(=O)O)ccc1O. The minimum absolute atomic E-state index is 0.0247. The van der Waals surface area contributed by atoms with Gasteiger partial charge in [0.2, 0.25) is 0 Å². The van der Waals surface area contributed by atoms with E-state index in [4.69, 9.17) is 5.11 Å². The molecular formula is C14H15N3O4. The Morgan fingerprint density at radius 1 is 1.33 bits per heavy atom. The number of phenolic OH excluding ortho intramolecular Hbond substituents is 1. The zero-order valence-electron chi connectivity index (χ0n) is 11.6. The number of aromatic nitrogens is 2. The summed E-state index contributed by atoms with van der Waals surface area (Å²) < 4.78 is 1.53. The molecule has 1 aromatic carbocycles. The molecule has 2 aromatic rings. The van der Waals surface area contributed by atoms with Crippen LogP contribution in [-0.2, 0) is 6.54 Å². The quantitative estimate of drug-likeness (QED) is 0.745. The van der Waals surface area contributed by atoms with E-state index in [1.807, 2.05) is 6.92 Å². The van der Waals surface area contributed by atoms with Crippen LogP contribution in [0.4, 0.5) is 5.69 Å². The Hall–Kier alpha value is -2.83. The summed E-state index contributed by atoms with van der Waals surface area (Å²) in [5, 5.41) is 25.3. The zero-order chi connectivity index (χ0) is 15.6. The second kappa shape index (κ2) is 5.66. The lowest BCUT2D eigenvalue weighted by molar-refractivity contribution is 0.0696. The summed E-state index contributed by atoms with van der Waals surface area (Å²) in [5.41, 5.74) is 1.06. The second-order valence-electron chi connectivity index (χ2n) is 4.48. The highest BCUT2D eigenvalue weighted by Crippen LogP contribution is 2.25. The fourth-order valence-corrected chi connectivity index (χ4v) is 1.92. The molecule has 0 spiro atoms. The molecule has 0 aliphatic carbocycles. The molecule has 0 bridgehead atoms. The molecule has 0 fully saturated rings. The summed E-state index contributed by atoms with van der Waals surface area (Å²) in [7, 11) is 0. The van der Waals surface area contributed by atoms with Crippen LogP contribution in [0.3, 0.4) is 0 Å². The molecule has 2 rings (SSSR count). The van der Waals surface area contributed by atoms with Gasteiger partial charge < -0.3 is 15.5 Å². The average Bonchev–Trinajstić information content (AvgIpc) is 2.82. The van der Waals surface area contributed by atoms with Gasteiger partial charge in [0.1, 0.15) is 11.4 Å². The van der Waals surface area contributed by atoms with Gasteiger partial charge in [-0.3, -0.25) is 9.48 Å². The third-order valence-electron chi connectivity index (χ3n) is 2.93. The van der Waals surface area contributed by atoms with Gasteiger partial charge in [0.05, 0.1) is 16.9 Å². The Labute approximate surface area is 120 Å². The number of benzene rings is 1. The predicted octanol–water partition coefficient (Wildman–Crippen LogP) is 1.87. The number of carboxylic acids is 1. The number of aromatic hydroxyl groups is 1. The van der Waals surface area contributed by atoms with Crippen molar-refractivity contribution in [2.24, 2.45) is 0 Å². The molecule has 0 radical (unpaired) electrons. The molecule has 3 N–H and O–H groups in total. The molecule has 0 atom stereocenters. The average molecular weight is 289 g/mol. The van der Waals surface area contributed by atoms with Crippen molar-refractivity contribution in [3.63, 3.8) is 0 Å². The highest BCUT2D eigenvalue weighted by molar-refractivity contribution is 6.04. The van der Waals surface area contributed by atoms with Crippen molar-refractivity contribution >= 4 is 17.6 Å². The lowest BCUT2D eigenvalue weighted by Gasteiger charge is -2.09. The van der Waals surface area contributed by atoms with E-state index in [0.29, 0.717) is 17.9 Å². The topological polar surface area (TPSA) is 104 Å². The molecule has 0 unspecified atom stereocenters. The first-order valence-electron chi connectivity index (χ1n) is 6.34. The number of phenols is 1.